The van der Waals surface area contributed by atoms with Gasteiger partial charge in [0.2, 0.25) is 5.02 Å². The molecule has 4 rings (SSSR count). The topological polar surface area (TPSA) is 97.4 Å². The Balaban J connectivity index is 1.88. The summed E-state index contributed by atoms with van der Waals surface area (Å²) in [5, 5.41) is 0.603. The van der Waals surface area contributed by atoms with Gasteiger partial charge in [-0.15, -0.1) is 13.2 Å². The van der Waals surface area contributed by atoms with E-state index in [-0.39, 0.29) is 42.4 Å². The van der Waals surface area contributed by atoms with Crippen molar-refractivity contribution in [3.63, 3.8) is 0 Å². The molecule has 2 heterocycles. The summed E-state index contributed by atoms with van der Waals surface area (Å²) in [6.45, 7) is -0.0604. The van der Waals surface area contributed by atoms with Gasteiger partial charge in [0.25, 0.3) is 5.56 Å². The molecule has 2 aromatic carbocycles. The first-order valence-electron chi connectivity index (χ1n) is 10.5. The summed E-state index contributed by atoms with van der Waals surface area (Å²) in [7, 11) is 1.41. The largest absolute Gasteiger partial charge is 0.573 e. The molecule has 0 amide bonds. The maximum Gasteiger partial charge on any atom is 0.573 e. The number of aromatic nitrogens is 4. The van der Waals surface area contributed by atoms with E-state index in [9.17, 15) is 27.6 Å². The standard InChI is InChI=1S/C23H19ClF3N4O5/c1-29-19-18(20(33)30(22(29)34)10-3-11-32)31(13-14-6-8-15(24)9-7-14)21(28-19)35-16-4-2-5-17(12-16)36-23(25,26)27/h2,4-9,11-12,24H,3,10,13H2,1H3/q+1. The van der Waals surface area contributed by atoms with Crippen LogP contribution in [0.15, 0.2) is 58.1 Å². The van der Waals surface area contributed by atoms with Crippen molar-refractivity contribution in [2.24, 2.45) is 7.05 Å². The molecule has 0 saturated carbocycles. The number of carbonyl (C=O) groups excluding carboxylic acids is 1. The van der Waals surface area contributed by atoms with Crippen LogP contribution < -0.4 is 20.7 Å². The van der Waals surface area contributed by atoms with Gasteiger partial charge in [-0.05, 0) is 17.7 Å². The minimum atomic E-state index is -4.90. The lowest BCUT2D eigenvalue weighted by atomic mass is 10.2. The molecule has 0 aliphatic carbocycles. The Bertz CT molecular complexity index is 1540. The van der Waals surface area contributed by atoms with Crippen LogP contribution in [0.25, 0.3) is 11.2 Å². The number of aryl methyl sites for hydroxylation is 1. The Morgan fingerprint density at radius 2 is 1.75 bits per heavy atom. The van der Waals surface area contributed by atoms with Crippen LogP contribution in [-0.4, -0.2) is 31.3 Å². The Labute approximate surface area is 205 Å². The van der Waals surface area contributed by atoms with Crippen molar-refractivity contribution in [1.82, 2.24) is 18.7 Å². The van der Waals surface area contributed by atoms with Crippen molar-refractivity contribution in [3.8, 4) is 17.5 Å². The Morgan fingerprint density at radius 3 is 2.42 bits per heavy atom. The molecule has 0 aliphatic heterocycles. The van der Waals surface area contributed by atoms with Crippen molar-refractivity contribution in [2.45, 2.75) is 25.9 Å². The van der Waals surface area contributed by atoms with Crippen molar-refractivity contribution >= 4 is 17.5 Å². The number of carbonyl (C=O) groups is 1. The molecule has 0 N–H and O–H groups in total. The van der Waals surface area contributed by atoms with E-state index in [2.05, 4.69) is 9.72 Å². The zero-order valence-corrected chi connectivity index (χ0v) is 19.5. The lowest BCUT2D eigenvalue weighted by Crippen LogP contribution is -2.39. The van der Waals surface area contributed by atoms with E-state index in [1.54, 1.807) is 24.3 Å². The van der Waals surface area contributed by atoms with Gasteiger partial charge in [-0.25, -0.2) is 4.79 Å². The SMILES string of the molecule is Cn1c(=O)n(CCC=O)c(=O)c2c1nc(Oc1cccc(OC(F)(F)F)c1)n2Cc1ccc([ClH+])cc1. The third-order valence-electron chi connectivity index (χ3n) is 5.18. The van der Waals surface area contributed by atoms with Gasteiger partial charge in [0.05, 0.1) is 6.54 Å². The fourth-order valence-electron chi connectivity index (χ4n) is 3.57. The number of fused-ring (bicyclic) bond motifs is 1. The van der Waals surface area contributed by atoms with Crippen molar-refractivity contribution in [2.75, 3.05) is 0 Å². The van der Waals surface area contributed by atoms with Gasteiger partial charge in [0.1, 0.15) is 17.8 Å². The maximum atomic E-state index is 13.3. The van der Waals surface area contributed by atoms with E-state index in [0.29, 0.717) is 11.3 Å². The summed E-state index contributed by atoms with van der Waals surface area (Å²) in [6, 6.07) is 11.5. The normalized spacial score (nSPS) is 11.6. The third kappa shape index (κ3) is 5.28. The van der Waals surface area contributed by atoms with Crippen molar-refractivity contribution < 1.29 is 39.0 Å². The number of benzene rings is 2. The molecule has 0 unspecified atom stereocenters. The lowest BCUT2D eigenvalue weighted by Gasteiger charge is -2.12. The Kier molecular flexibility index (Phi) is 6.88. The number of hydrogen-bond acceptors (Lipinski definition) is 6. The van der Waals surface area contributed by atoms with Gasteiger partial charge in [0.15, 0.2) is 22.8 Å². The third-order valence-corrected chi connectivity index (χ3v) is 5.45. The predicted molar refractivity (Wildman–Crippen MR) is 119 cm³/mol. The van der Waals surface area contributed by atoms with E-state index in [4.69, 9.17) is 16.3 Å². The van der Waals surface area contributed by atoms with Crippen LogP contribution >= 0.6 is 0 Å². The highest BCUT2D eigenvalue weighted by Crippen LogP contribution is 2.30. The minimum Gasteiger partial charge on any atom is -0.425 e. The average molecular weight is 524 g/mol. The number of hydrogen-bond donors (Lipinski definition) is 0. The van der Waals surface area contributed by atoms with Crippen LogP contribution in [-0.2, 0) is 24.9 Å². The second-order valence-electron chi connectivity index (χ2n) is 7.68. The zero-order valence-electron chi connectivity index (χ0n) is 18.7. The summed E-state index contributed by atoms with van der Waals surface area (Å²) in [6.07, 6.45) is -4.35. The van der Waals surface area contributed by atoms with E-state index in [1.807, 2.05) is 0 Å². The number of rotatable bonds is 8. The molecule has 4 aromatic rings. The highest BCUT2D eigenvalue weighted by atomic mass is 35.5. The first-order valence-corrected chi connectivity index (χ1v) is 10.9. The van der Waals surface area contributed by atoms with Crippen molar-refractivity contribution in [1.29, 1.82) is 0 Å². The monoisotopic (exact) mass is 523 g/mol. The molecule has 2 aromatic heterocycles. The molecule has 0 aliphatic rings. The Morgan fingerprint density at radius 1 is 1.06 bits per heavy atom. The summed E-state index contributed by atoms with van der Waals surface area (Å²) >= 11 is 5.11. The molecule has 188 valence electrons. The van der Waals surface area contributed by atoms with E-state index in [1.165, 1.54) is 23.7 Å². The number of imidazole rings is 1. The van der Waals surface area contributed by atoms with Gasteiger partial charge in [-0.2, -0.15) is 4.98 Å². The first kappa shape index (κ1) is 25.0. The van der Waals surface area contributed by atoms with Crippen molar-refractivity contribution in [3.05, 3.63) is 80.0 Å². The molecular formula is C23H19ClF3N4O5+. The first-order chi connectivity index (χ1) is 17.1. The molecular weight excluding hydrogens is 505 g/mol. The van der Waals surface area contributed by atoms with Crippen LogP contribution in [0.1, 0.15) is 12.0 Å². The molecule has 0 saturated heterocycles. The molecule has 0 atom stereocenters. The number of aldehydes is 1. The quantitative estimate of drug-likeness (QED) is 0.329. The van der Waals surface area contributed by atoms with Crippen LogP contribution in [0.2, 0.25) is 5.02 Å². The second-order valence-corrected chi connectivity index (χ2v) is 8.15. The van der Waals surface area contributed by atoms with E-state index in [0.717, 1.165) is 26.8 Å². The minimum absolute atomic E-state index is 0.00457. The maximum absolute atomic E-state index is 13.3. The van der Waals surface area contributed by atoms with Gasteiger partial charge in [0, 0.05) is 38.2 Å². The fraction of sp³-hybridized carbons (Fsp3) is 0.217. The Hall–Kier alpha value is -4.06. The molecule has 0 spiro atoms. The van der Waals surface area contributed by atoms with Gasteiger partial charge in [-0.1, -0.05) is 18.2 Å². The average Bonchev–Trinajstić information content (AvgIpc) is 3.16. The van der Waals surface area contributed by atoms with E-state index >= 15 is 0 Å². The molecule has 0 fully saturated rings. The van der Waals surface area contributed by atoms with Crippen LogP contribution in [0.5, 0.6) is 17.5 Å². The second kappa shape index (κ2) is 9.90. The van der Waals surface area contributed by atoms with Crippen LogP contribution in [0.3, 0.4) is 0 Å². The smallest absolute Gasteiger partial charge is 0.425 e. The van der Waals surface area contributed by atoms with Gasteiger partial charge < -0.3 is 14.3 Å². The number of halogens is 4. The molecule has 36 heavy (non-hydrogen) atoms. The highest BCUT2D eigenvalue weighted by Gasteiger charge is 2.31. The number of nitrogens with zero attached hydrogens (tertiary/aromatic N) is 4. The van der Waals surface area contributed by atoms with Gasteiger partial charge in [-0.3, -0.25) is 18.5 Å². The number of ether oxygens (including phenoxy) is 2. The zero-order chi connectivity index (χ0) is 26.0. The predicted octanol–water partition coefficient (Wildman–Crippen LogP) is 2.92. The summed E-state index contributed by atoms with van der Waals surface area (Å²) < 4.78 is 51.1. The lowest BCUT2D eigenvalue weighted by molar-refractivity contribution is -0.288. The summed E-state index contributed by atoms with van der Waals surface area (Å²) in [5.41, 5.74) is -0.629. The molecule has 13 heteroatoms. The fourth-order valence-corrected chi connectivity index (χ4v) is 3.71. The van der Waals surface area contributed by atoms with E-state index < -0.39 is 23.4 Å². The highest BCUT2D eigenvalue weighted by molar-refractivity contribution is 5.72. The van der Waals surface area contributed by atoms with Crippen LogP contribution in [0.4, 0.5) is 13.2 Å². The molecule has 0 radical (unpaired) electrons. The number of alkyl halides is 3. The molecule has 0 bridgehead atoms. The summed E-state index contributed by atoms with van der Waals surface area (Å²) in [4.78, 5) is 41.2. The van der Waals surface area contributed by atoms with Crippen LogP contribution in [0, 0.1) is 11.6 Å². The molecule has 9 nitrogen and oxygen atoms in total. The van der Waals surface area contributed by atoms with Gasteiger partial charge >= 0.3 is 18.1 Å². The summed E-state index contributed by atoms with van der Waals surface area (Å²) in [5.74, 6) is -0.548.